The van der Waals surface area contributed by atoms with Crippen LogP contribution in [0.5, 0.6) is 0 Å². The Kier molecular flexibility index (Phi) is 6.57. The van der Waals surface area contributed by atoms with Crippen molar-refractivity contribution in [2.45, 2.75) is 63.8 Å². The van der Waals surface area contributed by atoms with Crippen molar-refractivity contribution in [2.24, 2.45) is 11.8 Å². The molecule has 3 aliphatic rings. The van der Waals surface area contributed by atoms with Gasteiger partial charge in [0, 0.05) is 32.1 Å². The lowest BCUT2D eigenvalue weighted by Gasteiger charge is -2.34. The van der Waals surface area contributed by atoms with E-state index in [0.29, 0.717) is 12.0 Å². The summed E-state index contributed by atoms with van der Waals surface area (Å²) in [7, 11) is 0. The largest absolute Gasteiger partial charge is 0.481 e. The number of amides is 2. The first kappa shape index (κ1) is 18.5. The summed E-state index contributed by atoms with van der Waals surface area (Å²) in [5.41, 5.74) is 0. The molecule has 1 saturated carbocycles. The maximum Gasteiger partial charge on any atom is 0.320 e. The van der Waals surface area contributed by atoms with Crippen molar-refractivity contribution in [1.29, 1.82) is 0 Å². The molecule has 2 aliphatic heterocycles. The number of carboxylic acid groups (broad SMARTS) is 1. The third kappa shape index (κ3) is 5.09. The third-order valence-electron chi connectivity index (χ3n) is 6.42. The summed E-state index contributed by atoms with van der Waals surface area (Å²) < 4.78 is 0. The predicted molar refractivity (Wildman–Crippen MR) is 96.5 cm³/mol. The lowest BCUT2D eigenvalue weighted by atomic mass is 9.83. The van der Waals surface area contributed by atoms with Gasteiger partial charge in [0.1, 0.15) is 0 Å². The quantitative estimate of drug-likeness (QED) is 0.739. The fourth-order valence-corrected chi connectivity index (χ4v) is 4.73. The number of carbonyl (C=O) groups is 2. The Labute approximate surface area is 150 Å². The lowest BCUT2D eigenvalue weighted by molar-refractivity contribution is -0.137. The zero-order valence-corrected chi connectivity index (χ0v) is 15.3. The van der Waals surface area contributed by atoms with E-state index in [-0.39, 0.29) is 12.5 Å². The number of rotatable bonds is 7. The molecular weight excluding hydrogens is 318 g/mol. The van der Waals surface area contributed by atoms with Gasteiger partial charge in [-0.2, -0.15) is 0 Å². The second kappa shape index (κ2) is 8.88. The molecule has 6 heteroatoms. The van der Waals surface area contributed by atoms with E-state index in [9.17, 15) is 9.59 Å². The van der Waals surface area contributed by atoms with Gasteiger partial charge in [-0.3, -0.25) is 4.79 Å². The van der Waals surface area contributed by atoms with Gasteiger partial charge in [0.15, 0.2) is 0 Å². The number of urea groups is 1. The Hall–Kier alpha value is -1.30. The summed E-state index contributed by atoms with van der Waals surface area (Å²) in [6.45, 7) is 4.90. The molecule has 2 heterocycles. The number of piperidine rings is 1. The molecule has 2 saturated heterocycles. The minimum Gasteiger partial charge on any atom is -0.481 e. The molecule has 3 fully saturated rings. The second-order valence-electron chi connectivity index (χ2n) is 8.05. The lowest BCUT2D eigenvalue weighted by Crippen LogP contribution is -2.41. The Balaban J connectivity index is 1.39. The van der Waals surface area contributed by atoms with Crippen LogP contribution in [0.25, 0.3) is 0 Å². The van der Waals surface area contributed by atoms with Crippen LogP contribution >= 0.6 is 0 Å². The van der Waals surface area contributed by atoms with Gasteiger partial charge in [-0.05, 0) is 76.3 Å². The summed E-state index contributed by atoms with van der Waals surface area (Å²) >= 11 is 0. The first-order chi connectivity index (χ1) is 12.1. The molecule has 0 aromatic rings. The molecule has 0 unspecified atom stereocenters. The summed E-state index contributed by atoms with van der Waals surface area (Å²) in [6.07, 6.45) is 8.91. The molecule has 2 N–H and O–H groups in total. The van der Waals surface area contributed by atoms with Gasteiger partial charge < -0.3 is 20.2 Å². The van der Waals surface area contributed by atoms with E-state index >= 15 is 0 Å². The van der Waals surface area contributed by atoms with Crippen molar-refractivity contribution in [3.8, 4) is 0 Å². The molecule has 0 atom stereocenters. The molecule has 0 aromatic carbocycles. The minimum absolute atomic E-state index is 0.239. The van der Waals surface area contributed by atoms with Crippen LogP contribution in [0.4, 0.5) is 4.79 Å². The van der Waals surface area contributed by atoms with Crippen LogP contribution in [0, 0.1) is 11.8 Å². The van der Waals surface area contributed by atoms with Crippen molar-refractivity contribution in [3.05, 3.63) is 0 Å². The van der Waals surface area contributed by atoms with Gasteiger partial charge in [0.05, 0.1) is 0 Å². The number of carboxylic acids is 1. The van der Waals surface area contributed by atoms with Crippen molar-refractivity contribution < 1.29 is 14.7 Å². The van der Waals surface area contributed by atoms with E-state index in [1.807, 2.05) is 0 Å². The molecule has 25 heavy (non-hydrogen) atoms. The zero-order chi connectivity index (χ0) is 17.6. The fraction of sp³-hybridized carbons (Fsp3) is 0.895. The highest BCUT2D eigenvalue weighted by Crippen LogP contribution is 2.32. The van der Waals surface area contributed by atoms with E-state index in [1.54, 1.807) is 0 Å². The Bertz CT molecular complexity index is 457. The van der Waals surface area contributed by atoms with E-state index in [0.717, 1.165) is 77.2 Å². The maximum atomic E-state index is 12.7. The van der Waals surface area contributed by atoms with Crippen molar-refractivity contribution in [3.63, 3.8) is 0 Å². The topological polar surface area (TPSA) is 72.9 Å². The van der Waals surface area contributed by atoms with Crippen molar-refractivity contribution in [2.75, 3.05) is 32.7 Å². The third-order valence-corrected chi connectivity index (χ3v) is 6.42. The number of carbonyl (C=O) groups excluding carboxylic acids is 1. The van der Waals surface area contributed by atoms with Crippen LogP contribution < -0.4 is 5.32 Å². The predicted octanol–water partition coefficient (Wildman–Crippen LogP) is 2.54. The van der Waals surface area contributed by atoms with E-state index in [4.69, 9.17) is 5.11 Å². The smallest absolute Gasteiger partial charge is 0.320 e. The highest BCUT2D eigenvalue weighted by atomic mass is 16.4. The molecule has 0 spiro atoms. The molecular formula is C19H33N3O3. The average Bonchev–Trinajstić information content (AvgIpc) is 3.00. The number of hydrogen-bond donors (Lipinski definition) is 2. The van der Waals surface area contributed by atoms with Crippen LogP contribution in [0.3, 0.4) is 0 Å². The van der Waals surface area contributed by atoms with Gasteiger partial charge in [0.25, 0.3) is 0 Å². The minimum atomic E-state index is -0.693. The first-order valence-electron chi connectivity index (χ1n) is 10.1. The Morgan fingerprint density at radius 3 is 2.36 bits per heavy atom. The van der Waals surface area contributed by atoms with Gasteiger partial charge in [-0.1, -0.05) is 0 Å². The maximum absolute atomic E-state index is 12.7. The molecule has 0 aromatic heterocycles. The standard InChI is InChI=1S/C19H33N3O3/c23-18(24)6-3-15-1-4-17(5-2-15)22-14-13-21(19(22)25)12-9-16-7-10-20-11-8-16/h15-17,20H,1-14H2,(H,23,24). The Morgan fingerprint density at radius 2 is 1.68 bits per heavy atom. The summed E-state index contributed by atoms with van der Waals surface area (Å²) in [4.78, 5) is 27.6. The van der Waals surface area contributed by atoms with Crippen molar-refractivity contribution in [1.82, 2.24) is 15.1 Å². The normalized spacial score (nSPS) is 28.6. The van der Waals surface area contributed by atoms with Gasteiger partial charge in [0.2, 0.25) is 0 Å². The van der Waals surface area contributed by atoms with Gasteiger partial charge in [-0.25, -0.2) is 4.79 Å². The Morgan fingerprint density at radius 1 is 1.00 bits per heavy atom. The zero-order valence-electron chi connectivity index (χ0n) is 15.3. The monoisotopic (exact) mass is 351 g/mol. The molecule has 6 nitrogen and oxygen atoms in total. The van der Waals surface area contributed by atoms with Crippen LogP contribution in [-0.2, 0) is 4.79 Å². The molecule has 0 bridgehead atoms. The van der Waals surface area contributed by atoms with Crippen LogP contribution in [0.15, 0.2) is 0 Å². The molecule has 2 amide bonds. The number of nitrogens with one attached hydrogen (secondary N) is 1. The molecule has 1 aliphatic carbocycles. The summed E-state index contributed by atoms with van der Waals surface area (Å²) in [6, 6.07) is 0.611. The second-order valence-corrected chi connectivity index (χ2v) is 8.05. The van der Waals surface area contributed by atoms with Gasteiger partial charge >= 0.3 is 12.0 Å². The summed E-state index contributed by atoms with van der Waals surface area (Å²) in [5, 5.41) is 12.2. The molecule has 0 radical (unpaired) electrons. The van der Waals surface area contributed by atoms with Crippen LogP contribution in [0.1, 0.15) is 57.8 Å². The molecule has 3 rings (SSSR count). The molecule has 142 valence electrons. The summed E-state index contributed by atoms with van der Waals surface area (Å²) in [5.74, 6) is 0.607. The first-order valence-corrected chi connectivity index (χ1v) is 10.1. The van der Waals surface area contributed by atoms with Gasteiger partial charge in [-0.15, -0.1) is 0 Å². The van der Waals surface area contributed by atoms with Crippen LogP contribution in [0.2, 0.25) is 0 Å². The van der Waals surface area contributed by atoms with E-state index < -0.39 is 5.97 Å². The average molecular weight is 351 g/mol. The number of aliphatic carboxylic acids is 1. The van der Waals surface area contributed by atoms with E-state index in [1.165, 1.54) is 12.8 Å². The van der Waals surface area contributed by atoms with Crippen LogP contribution in [-0.4, -0.2) is 65.7 Å². The number of nitrogens with zero attached hydrogens (tertiary/aromatic N) is 2. The highest BCUT2D eigenvalue weighted by molar-refractivity contribution is 5.76. The fourth-order valence-electron chi connectivity index (χ4n) is 4.73. The highest BCUT2D eigenvalue weighted by Gasteiger charge is 2.35. The number of hydrogen-bond acceptors (Lipinski definition) is 3. The van der Waals surface area contributed by atoms with E-state index in [2.05, 4.69) is 15.1 Å². The SMILES string of the molecule is O=C(O)CCC1CCC(N2CCN(CCC3CCNCC3)C2=O)CC1. The van der Waals surface area contributed by atoms with Crippen molar-refractivity contribution >= 4 is 12.0 Å².